The van der Waals surface area contributed by atoms with E-state index in [1.165, 1.54) is 11.3 Å². The standard InChI is InChI=1S/C13H10Cl2N4OS/c14-9-2-1-7(3-10(9)15)4-11-18-12(20-19-11)5-8-6-21-13(16)17-8/h1-3,6H,4-5H2,(H2,16,17). The van der Waals surface area contributed by atoms with Gasteiger partial charge in [-0.05, 0) is 17.7 Å². The number of aromatic nitrogens is 3. The van der Waals surface area contributed by atoms with Gasteiger partial charge in [0.2, 0.25) is 5.89 Å². The second-order valence-corrected chi connectivity index (χ2v) is 6.09. The number of nitrogens with two attached hydrogens (primary N) is 1. The lowest BCUT2D eigenvalue weighted by atomic mass is 10.1. The van der Waals surface area contributed by atoms with Gasteiger partial charge >= 0.3 is 0 Å². The van der Waals surface area contributed by atoms with Crippen LogP contribution in [0.4, 0.5) is 5.13 Å². The highest BCUT2D eigenvalue weighted by molar-refractivity contribution is 7.13. The van der Waals surface area contributed by atoms with Crippen LogP contribution >= 0.6 is 34.5 Å². The summed E-state index contributed by atoms with van der Waals surface area (Å²) < 4.78 is 5.21. The number of thiazole rings is 1. The summed E-state index contributed by atoms with van der Waals surface area (Å²) in [6, 6.07) is 5.42. The van der Waals surface area contributed by atoms with E-state index < -0.39 is 0 Å². The van der Waals surface area contributed by atoms with Gasteiger partial charge in [0, 0.05) is 11.8 Å². The molecule has 0 aliphatic rings. The van der Waals surface area contributed by atoms with Crippen LogP contribution in [0.5, 0.6) is 0 Å². The molecule has 8 heteroatoms. The number of hydrogen-bond acceptors (Lipinski definition) is 6. The molecule has 3 rings (SSSR count). The topological polar surface area (TPSA) is 77.8 Å². The van der Waals surface area contributed by atoms with Gasteiger partial charge in [-0.2, -0.15) is 4.98 Å². The Balaban J connectivity index is 1.71. The highest BCUT2D eigenvalue weighted by atomic mass is 35.5. The van der Waals surface area contributed by atoms with Crippen LogP contribution in [0, 0.1) is 0 Å². The van der Waals surface area contributed by atoms with Crippen molar-refractivity contribution < 1.29 is 4.52 Å². The third kappa shape index (κ3) is 3.53. The first-order valence-electron chi connectivity index (χ1n) is 6.05. The van der Waals surface area contributed by atoms with Crippen LogP contribution in [-0.2, 0) is 12.8 Å². The van der Waals surface area contributed by atoms with Crippen molar-refractivity contribution in [2.75, 3.05) is 5.73 Å². The summed E-state index contributed by atoms with van der Waals surface area (Å²) in [6.45, 7) is 0. The second kappa shape index (κ2) is 6.01. The zero-order valence-corrected chi connectivity index (χ0v) is 13.0. The lowest BCUT2D eigenvalue weighted by Gasteiger charge is -1.99. The first kappa shape index (κ1) is 14.3. The van der Waals surface area contributed by atoms with Crippen molar-refractivity contribution >= 4 is 39.7 Å². The Morgan fingerprint density at radius 2 is 2.00 bits per heavy atom. The fourth-order valence-electron chi connectivity index (χ4n) is 1.82. The Bertz CT molecular complexity index is 771. The molecule has 108 valence electrons. The molecule has 21 heavy (non-hydrogen) atoms. The van der Waals surface area contributed by atoms with Gasteiger partial charge in [0.05, 0.1) is 22.2 Å². The SMILES string of the molecule is Nc1nc(Cc2nc(Cc3ccc(Cl)c(Cl)c3)no2)cs1. The molecule has 0 saturated heterocycles. The van der Waals surface area contributed by atoms with E-state index in [0.717, 1.165) is 11.3 Å². The Hall–Kier alpha value is -1.63. The molecule has 2 aromatic heterocycles. The normalized spacial score (nSPS) is 11.0. The lowest BCUT2D eigenvalue weighted by Crippen LogP contribution is -1.93. The minimum Gasteiger partial charge on any atom is -0.375 e. The maximum absolute atomic E-state index is 5.98. The van der Waals surface area contributed by atoms with Crippen LogP contribution in [0.2, 0.25) is 10.0 Å². The van der Waals surface area contributed by atoms with Crippen molar-refractivity contribution in [3.63, 3.8) is 0 Å². The summed E-state index contributed by atoms with van der Waals surface area (Å²) in [4.78, 5) is 8.49. The van der Waals surface area contributed by atoms with E-state index in [1.54, 1.807) is 12.1 Å². The molecular weight excluding hydrogens is 331 g/mol. The van der Waals surface area contributed by atoms with Crippen molar-refractivity contribution in [1.29, 1.82) is 0 Å². The van der Waals surface area contributed by atoms with Gasteiger partial charge in [-0.1, -0.05) is 34.4 Å². The van der Waals surface area contributed by atoms with Crippen LogP contribution in [0.15, 0.2) is 28.1 Å². The number of hydrogen-bond donors (Lipinski definition) is 1. The summed E-state index contributed by atoms with van der Waals surface area (Å²) in [6.07, 6.45) is 1.00. The van der Waals surface area contributed by atoms with Crippen molar-refractivity contribution in [2.45, 2.75) is 12.8 Å². The molecule has 0 bridgehead atoms. The monoisotopic (exact) mass is 340 g/mol. The molecule has 0 unspecified atom stereocenters. The number of nitrogen functional groups attached to an aromatic ring is 1. The van der Waals surface area contributed by atoms with E-state index in [-0.39, 0.29) is 0 Å². The van der Waals surface area contributed by atoms with Gasteiger partial charge in [-0.25, -0.2) is 4.98 Å². The van der Waals surface area contributed by atoms with Crippen LogP contribution in [0.1, 0.15) is 23.0 Å². The van der Waals surface area contributed by atoms with Gasteiger partial charge in [0.1, 0.15) is 0 Å². The number of nitrogens with zero attached hydrogens (tertiary/aromatic N) is 3. The minimum atomic E-state index is 0.474. The highest BCUT2D eigenvalue weighted by Crippen LogP contribution is 2.23. The van der Waals surface area contributed by atoms with Crippen LogP contribution in [-0.4, -0.2) is 15.1 Å². The summed E-state index contributed by atoms with van der Waals surface area (Å²) in [5.41, 5.74) is 7.37. The van der Waals surface area contributed by atoms with Gasteiger partial charge in [0.15, 0.2) is 11.0 Å². The average Bonchev–Trinajstić information content (AvgIpc) is 3.04. The molecule has 2 N–H and O–H groups in total. The molecule has 0 radical (unpaired) electrons. The molecule has 0 aliphatic heterocycles. The maximum atomic E-state index is 5.98. The van der Waals surface area contributed by atoms with Crippen molar-refractivity contribution in [3.05, 3.63) is 56.6 Å². The Labute approximate surface area is 134 Å². The number of halogens is 2. The van der Waals surface area contributed by atoms with Crippen LogP contribution < -0.4 is 5.73 Å². The molecule has 0 atom stereocenters. The van der Waals surface area contributed by atoms with Crippen molar-refractivity contribution in [3.8, 4) is 0 Å². The summed E-state index contributed by atoms with van der Waals surface area (Å²) in [5, 5.41) is 7.38. The molecule has 0 aliphatic carbocycles. The largest absolute Gasteiger partial charge is 0.375 e. The zero-order chi connectivity index (χ0) is 14.8. The first-order chi connectivity index (χ1) is 10.1. The number of benzene rings is 1. The molecule has 0 amide bonds. The molecule has 0 spiro atoms. The molecule has 3 aromatic rings. The quantitative estimate of drug-likeness (QED) is 0.784. The molecular formula is C13H10Cl2N4OS. The molecule has 2 heterocycles. The maximum Gasteiger partial charge on any atom is 0.232 e. The summed E-state index contributed by atoms with van der Waals surface area (Å²) >= 11 is 13.2. The van der Waals surface area contributed by atoms with Gasteiger partial charge in [-0.3, -0.25) is 0 Å². The smallest absolute Gasteiger partial charge is 0.232 e. The van der Waals surface area contributed by atoms with Crippen molar-refractivity contribution in [1.82, 2.24) is 15.1 Å². The molecule has 5 nitrogen and oxygen atoms in total. The van der Waals surface area contributed by atoms with Crippen LogP contribution in [0.3, 0.4) is 0 Å². The van der Waals surface area contributed by atoms with E-state index in [9.17, 15) is 0 Å². The molecule has 0 saturated carbocycles. The lowest BCUT2D eigenvalue weighted by molar-refractivity contribution is 0.379. The second-order valence-electron chi connectivity index (χ2n) is 4.38. The minimum absolute atomic E-state index is 0.474. The fourth-order valence-corrected chi connectivity index (χ4v) is 2.71. The Kier molecular flexibility index (Phi) is 4.10. The molecule has 1 aromatic carbocycles. The van der Waals surface area contributed by atoms with E-state index in [2.05, 4.69) is 15.1 Å². The Morgan fingerprint density at radius 3 is 2.71 bits per heavy atom. The Morgan fingerprint density at radius 1 is 1.14 bits per heavy atom. The van der Waals surface area contributed by atoms with Crippen LogP contribution in [0.25, 0.3) is 0 Å². The zero-order valence-electron chi connectivity index (χ0n) is 10.7. The van der Waals surface area contributed by atoms with E-state index in [1.807, 2.05) is 11.4 Å². The first-order valence-corrected chi connectivity index (χ1v) is 7.69. The predicted molar refractivity (Wildman–Crippen MR) is 82.9 cm³/mol. The molecule has 0 fully saturated rings. The van der Waals surface area contributed by atoms with Gasteiger partial charge < -0.3 is 10.3 Å². The highest BCUT2D eigenvalue weighted by Gasteiger charge is 2.10. The van der Waals surface area contributed by atoms with Gasteiger partial charge in [-0.15, -0.1) is 11.3 Å². The predicted octanol–water partition coefficient (Wildman–Crippen LogP) is 3.60. The third-order valence-electron chi connectivity index (χ3n) is 2.76. The number of anilines is 1. The van der Waals surface area contributed by atoms with Crippen molar-refractivity contribution in [2.24, 2.45) is 0 Å². The van der Waals surface area contributed by atoms with E-state index >= 15 is 0 Å². The third-order valence-corrected chi connectivity index (χ3v) is 4.22. The van der Waals surface area contributed by atoms with Gasteiger partial charge in [0.25, 0.3) is 0 Å². The summed E-state index contributed by atoms with van der Waals surface area (Å²) in [7, 11) is 0. The fraction of sp³-hybridized carbons (Fsp3) is 0.154. The summed E-state index contributed by atoms with van der Waals surface area (Å²) in [5.74, 6) is 1.10. The van der Waals surface area contributed by atoms with E-state index in [0.29, 0.717) is 39.7 Å². The average molecular weight is 341 g/mol. The van der Waals surface area contributed by atoms with E-state index in [4.69, 9.17) is 33.5 Å². The number of rotatable bonds is 4.